The summed E-state index contributed by atoms with van der Waals surface area (Å²) < 4.78 is 19.2. The Morgan fingerprint density at radius 3 is 2.37 bits per heavy atom. The number of ether oxygens (including phenoxy) is 3. The first-order chi connectivity index (χ1) is 36.1. The molecule has 0 bridgehead atoms. The van der Waals surface area contributed by atoms with Gasteiger partial charge < -0.3 is 49.0 Å². The molecule has 1 saturated carbocycles. The molecule has 4 aliphatic heterocycles. The van der Waals surface area contributed by atoms with Gasteiger partial charge in [-0.2, -0.15) is 5.26 Å². The number of piperidine rings is 1. The van der Waals surface area contributed by atoms with Crippen molar-refractivity contribution in [1.82, 2.24) is 39.8 Å². The predicted octanol–water partition coefficient (Wildman–Crippen LogP) is 5.62. The third-order valence-corrected chi connectivity index (χ3v) is 15.6. The number of carbonyl (C=O) groups is 4. The van der Waals surface area contributed by atoms with E-state index >= 15 is 0 Å². The molecule has 1 atom stereocenters. The molecule has 21 heteroatoms. The normalized spacial score (nSPS) is 20.5. The highest BCUT2D eigenvalue weighted by Gasteiger charge is 2.45. The fourth-order valence-electron chi connectivity index (χ4n) is 10.9. The molecule has 3 N–H and O–H groups in total. The van der Waals surface area contributed by atoms with E-state index in [9.17, 15) is 29.5 Å². The number of nitriles is 1. The molecule has 7 heterocycles. The van der Waals surface area contributed by atoms with Crippen LogP contribution in [0.4, 0.5) is 10.6 Å². The molecule has 5 aliphatic rings. The second-order valence-corrected chi connectivity index (χ2v) is 20.5. The first kappa shape index (κ1) is 52.7. The van der Waals surface area contributed by atoms with Gasteiger partial charge in [0.25, 0.3) is 17.9 Å². The van der Waals surface area contributed by atoms with Gasteiger partial charge in [0.1, 0.15) is 24.2 Å². The average molecular weight is 1050 g/mol. The highest BCUT2D eigenvalue weighted by atomic mass is 35.5. The number of pyridine rings is 2. The summed E-state index contributed by atoms with van der Waals surface area (Å²) in [6.45, 7) is 9.02. The van der Waals surface area contributed by atoms with Crippen molar-refractivity contribution >= 4 is 52.8 Å². The van der Waals surface area contributed by atoms with Gasteiger partial charge in [-0.15, -0.1) is 10.2 Å². The number of aromatic nitrogens is 4. The minimum atomic E-state index is -1.91. The van der Waals surface area contributed by atoms with Crippen LogP contribution >= 0.6 is 11.6 Å². The number of esters is 1. The van der Waals surface area contributed by atoms with Gasteiger partial charge in [-0.1, -0.05) is 18.5 Å². The second kappa shape index (κ2) is 22.3. The molecule has 1 aliphatic carbocycles. The summed E-state index contributed by atoms with van der Waals surface area (Å²) in [5.74, 6) is 1.40. The topological polar surface area (TPSA) is 246 Å². The number of carboxylic acid groups (broad SMARTS) is 1. The number of piperazine rings is 1. The molecule has 3 fully saturated rings. The maximum atomic E-state index is 13.8. The van der Waals surface area contributed by atoms with E-state index in [2.05, 4.69) is 31.4 Å². The van der Waals surface area contributed by atoms with Gasteiger partial charge in [-0.25, -0.2) is 14.6 Å². The van der Waals surface area contributed by atoms with Crippen molar-refractivity contribution in [2.24, 2.45) is 5.92 Å². The molecule has 0 radical (unpaired) electrons. The monoisotopic (exact) mass is 1040 g/mol. The van der Waals surface area contributed by atoms with E-state index in [-0.39, 0.29) is 60.8 Å². The van der Waals surface area contributed by atoms with E-state index < -0.39 is 17.7 Å². The number of nitrogens with zero attached hydrogens (tertiary/aromatic N) is 9. The number of rotatable bonds is 11. The Bertz CT molecular complexity index is 3100. The Balaban J connectivity index is 0.00000224. The Morgan fingerprint density at radius 2 is 1.71 bits per heavy atom. The smallest absolute Gasteiger partial charge is 0.415 e. The number of halogens is 1. The van der Waals surface area contributed by atoms with Gasteiger partial charge in [0.2, 0.25) is 0 Å². The van der Waals surface area contributed by atoms with Crippen LogP contribution in [0.2, 0.25) is 5.02 Å². The molecular weight excluding hydrogens is 984 g/mol. The molecule has 20 nitrogen and oxygen atoms in total. The van der Waals surface area contributed by atoms with Gasteiger partial charge in [0.05, 0.1) is 45.7 Å². The van der Waals surface area contributed by atoms with E-state index in [1.807, 2.05) is 44.1 Å². The molecule has 0 spiro atoms. The maximum Gasteiger partial charge on any atom is 0.415 e. The Kier molecular flexibility index (Phi) is 15.7. The Morgan fingerprint density at radius 1 is 0.987 bits per heavy atom. The molecule has 10 rings (SSSR count). The van der Waals surface area contributed by atoms with Gasteiger partial charge in [0, 0.05) is 86.0 Å². The minimum Gasteiger partial charge on any atom is -0.490 e. The van der Waals surface area contributed by atoms with E-state index in [1.165, 1.54) is 0 Å². The van der Waals surface area contributed by atoms with Crippen LogP contribution < -0.4 is 25.2 Å². The zero-order valence-electron chi connectivity index (χ0n) is 42.5. The van der Waals surface area contributed by atoms with Crippen molar-refractivity contribution in [3.8, 4) is 29.0 Å². The number of amides is 2. The fourth-order valence-corrected chi connectivity index (χ4v) is 11.1. The molecule has 2 amide bonds. The van der Waals surface area contributed by atoms with Crippen LogP contribution in [0.25, 0.3) is 22.3 Å². The molecule has 2 saturated heterocycles. The highest BCUT2D eigenvalue weighted by Crippen LogP contribution is 2.40. The van der Waals surface area contributed by atoms with Crippen LogP contribution in [-0.4, -0.2) is 141 Å². The van der Waals surface area contributed by atoms with Crippen molar-refractivity contribution in [2.45, 2.75) is 96.2 Å². The largest absolute Gasteiger partial charge is 0.490 e. The summed E-state index contributed by atoms with van der Waals surface area (Å²) in [7, 11) is 3.90. The summed E-state index contributed by atoms with van der Waals surface area (Å²) >= 11 is 6.34. The summed E-state index contributed by atoms with van der Waals surface area (Å²) in [5.41, 5.74) is 3.21. The first-order valence-corrected chi connectivity index (χ1v) is 25.8. The fraction of sp³-hybridized carbons (Fsp3) is 0.463. The number of fused-ring (bicyclic) bond motifs is 5. The first-order valence-electron chi connectivity index (χ1n) is 25.4. The van der Waals surface area contributed by atoms with Crippen LogP contribution in [0, 0.1) is 24.2 Å². The molecule has 5 aromatic rings. The lowest BCUT2D eigenvalue weighted by Gasteiger charge is -2.38. The molecule has 3 aromatic heterocycles. The average Bonchev–Trinajstić information content (AvgIpc) is 3.80. The van der Waals surface area contributed by atoms with Crippen molar-refractivity contribution in [2.75, 3.05) is 64.8 Å². The number of carbonyl (C=O) groups excluding carboxylic acids is 3. The van der Waals surface area contributed by atoms with E-state index in [0.29, 0.717) is 70.2 Å². The van der Waals surface area contributed by atoms with Crippen LogP contribution in [0.1, 0.15) is 95.7 Å². The summed E-state index contributed by atoms with van der Waals surface area (Å²) in [6.07, 6.45) is 4.77. The third kappa shape index (κ3) is 10.9. The van der Waals surface area contributed by atoms with Crippen LogP contribution in [0.5, 0.6) is 11.5 Å². The van der Waals surface area contributed by atoms with Crippen molar-refractivity contribution in [1.29, 1.82) is 5.26 Å². The van der Waals surface area contributed by atoms with Crippen molar-refractivity contribution in [3.63, 3.8) is 0 Å². The lowest BCUT2D eigenvalue weighted by Crippen LogP contribution is -2.51. The van der Waals surface area contributed by atoms with Gasteiger partial charge in [0.15, 0.2) is 17.1 Å². The van der Waals surface area contributed by atoms with Crippen LogP contribution in [-0.2, 0) is 39.6 Å². The Labute approximate surface area is 438 Å². The zero-order valence-corrected chi connectivity index (χ0v) is 43.3. The minimum absolute atomic E-state index is 0.00375. The van der Waals surface area contributed by atoms with Gasteiger partial charge >= 0.3 is 12.1 Å². The van der Waals surface area contributed by atoms with Gasteiger partial charge in [-0.05, 0) is 120 Å². The van der Waals surface area contributed by atoms with Crippen LogP contribution in [0.3, 0.4) is 0 Å². The number of hydrogen-bond acceptors (Lipinski definition) is 16. The number of cyclic esters (lactones) is 1. The molecule has 2 aromatic carbocycles. The standard InChI is InChI=1S/C53H59ClN10O8.CH2O2/c1-5-53(69)40-25-43-48-34(28-64(43)50(66)39(40)30-70-51(53)67)24-37-38(29-60(3)4)45(14-11-41(37)57-48)72-52(68)63-22-20-61(21-23-63)27-32-16-18-62(19-17-32)46-15-12-42(58-59-46)49(65)56-35-7-9-36(10-8-35)71-44-13-6-33(26-55)47(54)31(44)2;2-1-3/h6,11-15,24-25,32,35-36,69H,5,7-10,16-23,27-30H2,1-4H3,(H,56,65);1H,(H,2,3)/t35?,36?,53-;/m0./s1. The van der Waals surface area contributed by atoms with Crippen LogP contribution in [0.15, 0.2) is 53.3 Å². The number of nitrogens with one attached hydrogen (secondary N) is 1. The third-order valence-electron chi connectivity index (χ3n) is 15.2. The summed E-state index contributed by atoms with van der Waals surface area (Å²) in [4.78, 5) is 75.1. The van der Waals surface area contributed by atoms with E-state index in [1.54, 1.807) is 46.7 Å². The number of benzene rings is 2. The second-order valence-electron chi connectivity index (χ2n) is 20.1. The van der Waals surface area contributed by atoms with E-state index in [4.69, 9.17) is 40.7 Å². The van der Waals surface area contributed by atoms with E-state index in [0.717, 1.165) is 99.1 Å². The predicted molar refractivity (Wildman–Crippen MR) is 277 cm³/mol. The SMILES string of the molecule is CC[C@@]1(O)C(=O)OCc2c1cc1n(c2=O)Cc2cc3c(CN(C)C)c(OC(=O)N4CCN(CC5CCN(c6ccc(C(=O)NC7CCC(Oc8ccc(C#N)c(Cl)c8C)CC7)nn6)CC5)CC4)ccc3nc2-1.O=CO. The number of anilines is 1. The lowest BCUT2D eigenvalue weighted by molar-refractivity contribution is -0.172. The summed E-state index contributed by atoms with van der Waals surface area (Å²) in [6, 6.07) is 16.5. The lowest BCUT2D eigenvalue weighted by atomic mass is 9.86. The summed E-state index contributed by atoms with van der Waals surface area (Å²) in [5, 5.41) is 40.5. The van der Waals surface area contributed by atoms with Gasteiger partial charge in [-0.3, -0.25) is 19.3 Å². The Hall–Kier alpha value is -7.18. The molecular formula is C54H61ClN10O10. The molecule has 75 heavy (non-hydrogen) atoms. The van der Waals surface area contributed by atoms with Crippen molar-refractivity contribution in [3.05, 3.63) is 103 Å². The number of hydrogen-bond donors (Lipinski definition) is 3. The molecule has 394 valence electrons. The highest BCUT2D eigenvalue weighted by molar-refractivity contribution is 6.32. The quantitative estimate of drug-likeness (QED) is 0.105. The van der Waals surface area contributed by atoms with Crippen molar-refractivity contribution < 1.29 is 43.6 Å². The number of aliphatic hydroxyl groups is 1. The molecule has 0 unspecified atom stereocenters. The maximum absolute atomic E-state index is 13.8. The zero-order chi connectivity index (χ0) is 53.1.